The molecule has 0 radical (unpaired) electrons. The van der Waals surface area contributed by atoms with Gasteiger partial charge in [0.2, 0.25) is 5.69 Å². The molecule has 5 heteroatoms. The van der Waals surface area contributed by atoms with E-state index < -0.39 is 0 Å². The fourth-order valence-corrected chi connectivity index (χ4v) is 10.1. The molecule has 0 amide bonds. The molecule has 3 nitrogen and oxygen atoms in total. The van der Waals surface area contributed by atoms with Crippen LogP contribution in [0.4, 0.5) is 0 Å². The van der Waals surface area contributed by atoms with Gasteiger partial charge in [-0.3, -0.25) is 0 Å². The topological polar surface area (TPSA) is 33.3 Å². The standard InChI is InChI=1S/C37H38NO2S2/c1-20-23-12-10-11-15-30(23)41-34(20)35-21(2)24-16-17-38-32(29(19-39)40-7)22(3)31-26-14-9-8-13-25(26)28(37(4,5)6)18-27(31)33(38)36(24)42-35/h8-18,22,29,32,39H,19H2,1-7H3/q+1. The van der Waals surface area contributed by atoms with E-state index >= 15 is 0 Å². The monoisotopic (exact) mass is 592 g/mol. The third-order valence-corrected chi connectivity index (χ3v) is 12.2. The lowest BCUT2D eigenvalue weighted by Gasteiger charge is -2.34. The highest BCUT2D eigenvalue weighted by Crippen LogP contribution is 2.52. The molecule has 0 saturated carbocycles. The summed E-state index contributed by atoms with van der Waals surface area (Å²) in [5.41, 5.74) is 7.96. The minimum absolute atomic E-state index is 0.0156. The molecule has 214 valence electrons. The van der Waals surface area contributed by atoms with Crippen LogP contribution < -0.4 is 4.57 Å². The zero-order valence-corrected chi connectivity index (χ0v) is 27.0. The number of aliphatic hydroxyl groups excluding tert-OH is 1. The molecule has 3 aromatic heterocycles. The van der Waals surface area contributed by atoms with E-state index in [0.717, 1.165) is 0 Å². The molecule has 4 heterocycles. The summed E-state index contributed by atoms with van der Waals surface area (Å²) in [4.78, 5) is 2.73. The maximum Gasteiger partial charge on any atom is 0.231 e. The van der Waals surface area contributed by atoms with Crippen LogP contribution >= 0.6 is 22.7 Å². The third-order valence-electron chi connectivity index (χ3n) is 9.42. The molecule has 0 bridgehead atoms. The van der Waals surface area contributed by atoms with Gasteiger partial charge < -0.3 is 9.84 Å². The highest BCUT2D eigenvalue weighted by atomic mass is 32.1. The number of rotatable bonds is 4. The van der Waals surface area contributed by atoms with Gasteiger partial charge in [-0.15, -0.1) is 22.7 Å². The van der Waals surface area contributed by atoms with Crippen molar-refractivity contribution in [2.24, 2.45) is 0 Å². The number of hydrogen-bond acceptors (Lipinski definition) is 4. The largest absolute Gasteiger partial charge is 0.393 e. The number of aromatic nitrogens is 1. The normalized spacial score (nSPS) is 17.6. The van der Waals surface area contributed by atoms with Crippen molar-refractivity contribution < 1.29 is 14.4 Å². The predicted octanol–water partition coefficient (Wildman–Crippen LogP) is 9.47. The first-order valence-corrected chi connectivity index (χ1v) is 16.4. The fraction of sp³-hybridized carbons (Fsp3) is 0.324. The highest BCUT2D eigenvalue weighted by Gasteiger charge is 2.45. The first-order chi connectivity index (χ1) is 20.2. The molecule has 0 fully saturated rings. The van der Waals surface area contributed by atoms with E-state index in [-0.39, 0.29) is 30.1 Å². The lowest BCUT2D eigenvalue weighted by molar-refractivity contribution is -0.724. The number of fused-ring (bicyclic) bond motifs is 8. The molecule has 3 atom stereocenters. The quantitative estimate of drug-likeness (QED) is 0.207. The van der Waals surface area contributed by atoms with Crippen LogP contribution in [-0.2, 0) is 10.2 Å². The Bertz CT molecular complexity index is 2000. The minimum Gasteiger partial charge on any atom is -0.393 e. The molecule has 7 rings (SSSR count). The summed E-state index contributed by atoms with van der Waals surface area (Å²) in [7, 11) is 1.72. The van der Waals surface area contributed by atoms with Gasteiger partial charge in [-0.2, -0.15) is 4.57 Å². The van der Waals surface area contributed by atoms with Crippen molar-refractivity contribution in [1.82, 2.24) is 0 Å². The number of methoxy groups -OCH3 is 1. The maximum atomic E-state index is 10.5. The number of aryl methyl sites for hydroxylation is 2. The van der Waals surface area contributed by atoms with E-state index in [9.17, 15) is 5.11 Å². The van der Waals surface area contributed by atoms with Gasteiger partial charge in [-0.05, 0) is 69.8 Å². The molecule has 42 heavy (non-hydrogen) atoms. The van der Waals surface area contributed by atoms with Gasteiger partial charge in [-0.1, -0.05) is 70.2 Å². The van der Waals surface area contributed by atoms with E-state index in [1.54, 1.807) is 7.11 Å². The van der Waals surface area contributed by atoms with E-state index in [4.69, 9.17) is 4.74 Å². The number of nitrogens with zero attached hydrogens (tertiary/aromatic N) is 1. The second-order valence-corrected chi connectivity index (χ2v) is 14.9. The van der Waals surface area contributed by atoms with Crippen LogP contribution in [0.1, 0.15) is 61.9 Å². The molecule has 3 aromatic carbocycles. The van der Waals surface area contributed by atoms with Crippen LogP contribution in [0.3, 0.4) is 0 Å². The number of hydrogen-bond donors (Lipinski definition) is 1. The summed E-state index contributed by atoms with van der Waals surface area (Å²) in [6.45, 7) is 13.8. The molecule has 3 unspecified atom stereocenters. The smallest absolute Gasteiger partial charge is 0.231 e. The zero-order chi connectivity index (χ0) is 29.5. The van der Waals surface area contributed by atoms with Crippen molar-refractivity contribution in [3.8, 4) is 21.0 Å². The third kappa shape index (κ3) is 3.94. The zero-order valence-electron chi connectivity index (χ0n) is 25.4. The van der Waals surface area contributed by atoms with Crippen LogP contribution in [0.2, 0.25) is 0 Å². The van der Waals surface area contributed by atoms with Crippen LogP contribution in [0.5, 0.6) is 0 Å². The molecule has 1 aliphatic rings. The maximum absolute atomic E-state index is 10.5. The number of ether oxygens (including phenoxy) is 1. The van der Waals surface area contributed by atoms with E-state index in [2.05, 4.69) is 113 Å². The predicted molar refractivity (Wildman–Crippen MR) is 179 cm³/mol. The first kappa shape index (κ1) is 27.7. The molecule has 1 N–H and O–H groups in total. The van der Waals surface area contributed by atoms with Gasteiger partial charge in [0.1, 0.15) is 10.8 Å². The molecule has 1 aliphatic heterocycles. The lowest BCUT2D eigenvalue weighted by atomic mass is 9.74. The highest BCUT2D eigenvalue weighted by molar-refractivity contribution is 7.29. The Morgan fingerprint density at radius 3 is 2.19 bits per heavy atom. The lowest BCUT2D eigenvalue weighted by Crippen LogP contribution is -2.53. The Hall–Kier alpha value is -3.09. The summed E-state index contributed by atoms with van der Waals surface area (Å²) in [6.07, 6.45) is 1.93. The average Bonchev–Trinajstić information content (AvgIpc) is 3.49. The van der Waals surface area contributed by atoms with Gasteiger partial charge in [0, 0.05) is 38.9 Å². The first-order valence-electron chi connectivity index (χ1n) is 14.8. The number of thiophene rings is 2. The Labute approximate surface area is 256 Å². The Balaban J connectivity index is 1.61. The Morgan fingerprint density at radius 2 is 1.52 bits per heavy atom. The summed E-state index contributed by atoms with van der Waals surface area (Å²) < 4.78 is 11.0. The molecular formula is C37H38NO2S2+. The van der Waals surface area contributed by atoms with E-state index in [0.29, 0.717) is 0 Å². The van der Waals surface area contributed by atoms with Crippen molar-refractivity contribution in [1.29, 1.82) is 0 Å². The van der Waals surface area contributed by atoms with Gasteiger partial charge in [-0.25, -0.2) is 0 Å². The molecule has 0 aliphatic carbocycles. The molecule has 6 aromatic rings. The van der Waals surface area contributed by atoms with Crippen molar-refractivity contribution >= 4 is 53.6 Å². The minimum atomic E-state index is -0.319. The van der Waals surface area contributed by atoms with Crippen molar-refractivity contribution in [2.75, 3.05) is 13.7 Å². The number of aliphatic hydroxyl groups is 1. The fourth-order valence-electron chi connectivity index (χ4n) is 7.31. The van der Waals surface area contributed by atoms with Crippen molar-refractivity contribution in [3.05, 3.63) is 89.1 Å². The summed E-state index contributed by atoms with van der Waals surface area (Å²) >= 11 is 3.82. The SMILES string of the molecule is COC(CO)C1C(C)c2c(cc(C(C)(C)C)c3ccccc23)-c2c3sc(-c4sc5ccccc5c4C)c(C)c3cc[n+]21. The van der Waals surface area contributed by atoms with Gasteiger partial charge in [0.05, 0.1) is 12.2 Å². The van der Waals surface area contributed by atoms with Crippen molar-refractivity contribution in [2.45, 2.75) is 65.0 Å². The van der Waals surface area contributed by atoms with Crippen LogP contribution in [0.25, 0.3) is 52.0 Å². The van der Waals surface area contributed by atoms with Crippen LogP contribution in [0.15, 0.2) is 66.9 Å². The molecule has 0 saturated heterocycles. The second kappa shape index (κ2) is 9.99. The van der Waals surface area contributed by atoms with Gasteiger partial charge in [0.25, 0.3) is 0 Å². The summed E-state index contributed by atoms with van der Waals surface area (Å²) in [5.74, 6) is 0.149. The second-order valence-electron chi connectivity index (χ2n) is 12.8. The molecule has 0 spiro atoms. The van der Waals surface area contributed by atoms with Crippen LogP contribution in [-0.4, -0.2) is 24.9 Å². The Kier molecular flexibility index (Phi) is 6.59. The van der Waals surface area contributed by atoms with Crippen LogP contribution in [0, 0.1) is 13.8 Å². The number of benzene rings is 3. The van der Waals surface area contributed by atoms with E-state index in [1.165, 1.54) is 74.2 Å². The van der Waals surface area contributed by atoms with Gasteiger partial charge in [0.15, 0.2) is 12.2 Å². The van der Waals surface area contributed by atoms with E-state index in [1.807, 2.05) is 22.7 Å². The Morgan fingerprint density at radius 1 is 0.881 bits per heavy atom. The average molecular weight is 593 g/mol. The van der Waals surface area contributed by atoms with Crippen molar-refractivity contribution in [3.63, 3.8) is 0 Å². The summed E-state index contributed by atoms with van der Waals surface area (Å²) in [5, 5.41) is 15.8. The molecular weight excluding hydrogens is 555 g/mol. The van der Waals surface area contributed by atoms with Gasteiger partial charge >= 0.3 is 0 Å². The number of pyridine rings is 1. The summed E-state index contributed by atoms with van der Waals surface area (Å²) in [6, 6.07) is 22.4.